The van der Waals surface area contributed by atoms with Crippen LogP contribution >= 0.6 is 0 Å². The molecule has 1 rings (SSSR count). The van der Waals surface area contributed by atoms with Gasteiger partial charge in [-0.05, 0) is 12.1 Å². The molecular formula is C11H14F3NO2. The van der Waals surface area contributed by atoms with Crippen molar-refractivity contribution in [1.82, 2.24) is 0 Å². The van der Waals surface area contributed by atoms with E-state index in [0.717, 1.165) is 6.07 Å². The molecule has 0 aromatic heterocycles. The fourth-order valence-corrected chi connectivity index (χ4v) is 1.25. The van der Waals surface area contributed by atoms with Crippen molar-refractivity contribution in [2.24, 2.45) is 5.73 Å². The van der Waals surface area contributed by atoms with E-state index in [0.29, 0.717) is 0 Å². The number of halogens is 3. The van der Waals surface area contributed by atoms with E-state index in [2.05, 4.69) is 0 Å². The van der Waals surface area contributed by atoms with Gasteiger partial charge in [-0.15, -0.1) is 0 Å². The second kappa shape index (κ2) is 5.88. The zero-order valence-electron chi connectivity index (χ0n) is 9.07. The van der Waals surface area contributed by atoms with Crippen LogP contribution in [0.15, 0.2) is 24.3 Å². The predicted octanol–water partition coefficient (Wildman–Crippen LogP) is 1.79. The normalized spacial score (nSPS) is 13.5. The zero-order chi connectivity index (χ0) is 12.9. The highest BCUT2D eigenvalue weighted by atomic mass is 19.4. The van der Waals surface area contributed by atoms with Crippen molar-refractivity contribution in [2.45, 2.75) is 18.7 Å². The Balaban J connectivity index is 2.65. The molecule has 1 aromatic carbocycles. The molecule has 0 fully saturated rings. The summed E-state index contributed by atoms with van der Waals surface area (Å²) in [4.78, 5) is 0. The Morgan fingerprint density at radius 2 is 1.94 bits per heavy atom. The van der Waals surface area contributed by atoms with Crippen molar-refractivity contribution in [3.63, 3.8) is 0 Å². The maximum atomic E-state index is 12.6. The monoisotopic (exact) mass is 249 g/mol. The number of aliphatic hydroxyl groups is 1. The Labute approximate surface area is 97.0 Å². The lowest BCUT2D eigenvalue weighted by molar-refractivity contribution is -0.139. The lowest BCUT2D eigenvalue weighted by Crippen LogP contribution is -2.22. The summed E-state index contributed by atoms with van der Waals surface area (Å²) in [5, 5.41) is 9.14. The van der Waals surface area contributed by atoms with Crippen LogP contribution in [-0.2, 0) is 6.18 Å². The number of rotatable bonds is 5. The summed E-state index contributed by atoms with van der Waals surface area (Å²) in [6, 6.07) is 4.96. The van der Waals surface area contributed by atoms with Gasteiger partial charge >= 0.3 is 6.18 Å². The average Bonchev–Trinajstić information content (AvgIpc) is 2.28. The zero-order valence-corrected chi connectivity index (χ0v) is 9.07. The van der Waals surface area contributed by atoms with Crippen molar-refractivity contribution in [2.75, 3.05) is 13.2 Å². The van der Waals surface area contributed by atoms with Gasteiger partial charge in [-0.1, -0.05) is 12.1 Å². The van der Waals surface area contributed by atoms with Gasteiger partial charge in [0.15, 0.2) is 0 Å². The Kier molecular flexibility index (Phi) is 4.77. The first-order chi connectivity index (χ1) is 7.95. The van der Waals surface area contributed by atoms with Gasteiger partial charge in [0, 0.05) is 13.0 Å². The molecule has 0 aliphatic carbocycles. The van der Waals surface area contributed by atoms with Crippen molar-refractivity contribution in [1.29, 1.82) is 0 Å². The number of alkyl halides is 3. The summed E-state index contributed by atoms with van der Waals surface area (Å²) in [7, 11) is 0. The van der Waals surface area contributed by atoms with Crippen LogP contribution < -0.4 is 10.5 Å². The summed E-state index contributed by atoms with van der Waals surface area (Å²) in [6.45, 7) is 0.0513. The van der Waals surface area contributed by atoms with E-state index in [1.165, 1.54) is 18.2 Å². The van der Waals surface area contributed by atoms with Crippen molar-refractivity contribution < 1.29 is 23.0 Å². The topological polar surface area (TPSA) is 55.5 Å². The Hall–Kier alpha value is -1.27. The van der Waals surface area contributed by atoms with Crippen LogP contribution in [0.25, 0.3) is 0 Å². The summed E-state index contributed by atoms with van der Waals surface area (Å²) in [5.74, 6) is -0.232. The van der Waals surface area contributed by atoms with Gasteiger partial charge in [-0.2, -0.15) is 13.2 Å². The highest BCUT2D eigenvalue weighted by Crippen LogP contribution is 2.35. The van der Waals surface area contributed by atoms with Crippen molar-refractivity contribution in [3.05, 3.63) is 29.8 Å². The highest BCUT2D eigenvalue weighted by Gasteiger charge is 2.33. The first kappa shape index (κ1) is 13.8. The Bertz CT molecular complexity index is 355. The molecule has 0 radical (unpaired) electrons. The van der Waals surface area contributed by atoms with Gasteiger partial charge in [0.05, 0.1) is 18.3 Å². The number of hydrogen-bond acceptors (Lipinski definition) is 3. The summed E-state index contributed by atoms with van der Waals surface area (Å²) in [5.41, 5.74) is 4.35. The van der Waals surface area contributed by atoms with Crippen LogP contribution in [0.1, 0.15) is 12.0 Å². The lowest BCUT2D eigenvalue weighted by atomic mass is 10.2. The van der Waals surface area contributed by atoms with E-state index < -0.39 is 17.8 Å². The van der Waals surface area contributed by atoms with Crippen LogP contribution in [0.2, 0.25) is 0 Å². The van der Waals surface area contributed by atoms with Crippen LogP contribution in [0.4, 0.5) is 13.2 Å². The Morgan fingerprint density at radius 1 is 1.29 bits per heavy atom. The number of nitrogens with two attached hydrogens (primary N) is 1. The third-order valence-corrected chi connectivity index (χ3v) is 2.17. The minimum absolute atomic E-state index is 0.00847. The quantitative estimate of drug-likeness (QED) is 0.836. The van der Waals surface area contributed by atoms with Crippen LogP contribution in [0, 0.1) is 0 Å². The lowest BCUT2D eigenvalue weighted by Gasteiger charge is -2.14. The standard InChI is InChI=1S/C11H14F3NO2/c12-11(13,14)9-3-1-2-4-10(9)17-6-5-8(16)7-15/h1-4,8,16H,5-7,15H2. The molecule has 0 spiro atoms. The summed E-state index contributed by atoms with van der Waals surface area (Å²) >= 11 is 0. The molecule has 0 saturated heterocycles. The second-order valence-corrected chi connectivity index (χ2v) is 3.52. The van der Waals surface area contributed by atoms with Gasteiger partial charge in [0.1, 0.15) is 5.75 Å². The highest BCUT2D eigenvalue weighted by molar-refractivity contribution is 5.35. The molecule has 96 valence electrons. The Morgan fingerprint density at radius 3 is 2.53 bits per heavy atom. The maximum absolute atomic E-state index is 12.6. The fourth-order valence-electron chi connectivity index (χ4n) is 1.25. The number of hydrogen-bond donors (Lipinski definition) is 2. The van der Waals surface area contributed by atoms with E-state index in [-0.39, 0.29) is 25.3 Å². The van der Waals surface area contributed by atoms with E-state index in [4.69, 9.17) is 15.6 Å². The third-order valence-electron chi connectivity index (χ3n) is 2.17. The van der Waals surface area contributed by atoms with Gasteiger partial charge < -0.3 is 15.6 Å². The molecule has 6 heteroatoms. The molecule has 1 unspecified atom stereocenters. The van der Waals surface area contributed by atoms with E-state index in [9.17, 15) is 13.2 Å². The number of aliphatic hydroxyl groups excluding tert-OH is 1. The molecule has 0 aliphatic heterocycles. The second-order valence-electron chi connectivity index (χ2n) is 3.52. The predicted molar refractivity (Wildman–Crippen MR) is 56.6 cm³/mol. The van der Waals surface area contributed by atoms with Crippen LogP contribution in [-0.4, -0.2) is 24.4 Å². The first-order valence-electron chi connectivity index (χ1n) is 5.12. The molecule has 1 aromatic rings. The van der Waals surface area contributed by atoms with Gasteiger partial charge in [0.2, 0.25) is 0 Å². The summed E-state index contributed by atoms with van der Waals surface area (Å²) in [6.07, 6.45) is -5.00. The molecule has 3 nitrogen and oxygen atoms in total. The number of benzene rings is 1. The first-order valence-corrected chi connectivity index (χ1v) is 5.12. The molecule has 0 bridgehead atoms. The van der Waals surface area contributed by atoms with E-state index >= 15 is 0 Å². The van der Waals surface area contributed by atoms with Gasteiger partial charge in [-0.3, -0.25) is 0 Å². The smallest absolute Gasteiger partial charge is 0.419 e. The molecule has 0 aliphatic rings. The molecule has 1 atom stereocenters. The minimum atomic E-state index is -4.44. The molecule has 3 N–H and O–H groups in total. The molecule has 0 saturated carbocycles. The molecule has 0 heterocycles. The number of para-hydroxylation sites is 1. The van der Waals surface area contributed by atoms with Crippen LogP contribution in [0.3, 0.4) is 0 Å². The van der Waals surface area contributed by atoms with E-state index in [1.54, 1.807) is 0 Å². The van der Waals surface area contributed by atoms with Crippen molar-refractivity contribution in [3.8, 4) is 5.75 Å². The fraction of sp³-hybridized carbons (Fsp3) is 0.455. The van der Waals surface area contributed by atoms with Gasteiger partial charge in [-0.25, -0.2) is 0 Å². The average molecular weight is 249 g/mol. The SMILES string of the molecule is NCC(O)CCOc1ccccc1C(F)(F)F. The minimum Gasteiger partial charge on any atom is -0.493 e. The van der Waals surface area contributed by atoms with Crippen LogP contribution in [0.5, 0.6) is 5.75 Å². The molecule has 0 amide bonds. The molecular weight excluding hydrogens is 235 g/mol. The largest absolute Gasteiger partial charge is 0.493 e. The maximum Gasteiger partial charge on any atom is 0.419 e. The number of ether oxygens (including phenoxy) is 1. The van der Waals surface area contributed by atoms with E-state index in [1.807, 2.05) is 0 Å². The summed E-state index contributed by atoms with van der Waals surface area (Å²) < 4.78 is 42.7. The third kappa shape index (κ3) is 4.24. The van der Waals surface area contributed by atoms with Gasteiger partial charge in [0.25, 0.3) is 0 Å². The van der Waals surface area contributed by atoms with Crippen molar-refractivity contribution >= 4 is 0 Å². The molecule has 17 heavy (non-hydrogen) atoms.